The highest BCUT2D eigenvalue weighted by molar-refractivity contribution is 5.65. The van der Waals surface area contributed by atoms with Crippen molar-refractivity contribution in [1.29, 1.82) is 0 Å². The van der Waals surface area contributed by atoms with Gasteiger partial charge in [-0.3, -0.25) is 0 Å². The Labute approximate surface area is 114 Å². The molecule has 0 aliphatic heterocycles. The van der Waals surface area contributed by atoms with E-state index < -0.39 is 6.09 Å². The molecule has 0 aromatic heterocycles. The Balaban J connectivity index is 2.76. The highest BCUT2D eigenvalue weighted by Crippen LogP contribution is 2.23. The Hall–Kier alpha value is -1.55. The molecule has 19 heavy (non-hydrogen) atoms. The number of aliphatic hydroxyl groups is 1. The number of hydrogen-bond acceptors (Lipinski definition) is 2. The summed E-state index contributed by atoms with van der Waals surface area (Å²) in [5.74, 6) is 0. The Morgan fingerprint density at radius 2 is 1.74 bits per heavy atom. The van der Waals surface area contributed by atoms with Gasteiger partial charge in [0.1, 0.15) is 0 Å². The molecule has 0 aliphatic rings. The van der Waals surface area contributed by atoms with Crippen molar-refractivity contribution in [3.63, 3.8) is 0 Å². The third-order valence-electron chi connectivity index (χ3n) is 3.21. The van der Waals surface area contributed by atoms with E-state index in [1.165, 1.54) is 0 Å². The first-order valence-corrected chi connectivity index (χ1v) is 6.51. The van der Waals surface area contributed by atoms with Crippen molar-refractivity contribution >= 4 is 6.09 Å². The number of benzene rings is 1. The molecule has 106 valence electrons. The number of hydrogen-bond donors (Lipinski definition) is 3. The van der Waals surface area contributed by atoms with Crippen molar-refractivity contribution < 1.29 is 15.0 Å². The lowest BCUT2D eigenvalue weighted by Gasteiger charge is -2.30. The Morgan fingerprint density at radius 3 is 2.16 bits per heavy atom. The number of carboxylic acid groups (broad SMARTS) is 1. The normalized spacial score (nSPS) is 13.1. The molecular weight excluding hydrogens is 242 g/mol. The summed E-state index contributed by atoms with van der Waals surface area (Å²) in [6, 6.07) is 7.81. The van der Waals surface area contributed by atoms with Crippen molar-refractivity contribution in [2.75, 3.05) is 6.61 Å². The van der Waals surface area contributed by atoms with Crippen LogP contribution in [0.1, 0.15) is 31.9 Å². The molecule has 3 N–H and O–H groups in total. The first kappa shape index (κ1) is 15.5. The molecule has 0 aliphatic carbocycles. The standard InChI is InChI=1S/C15H23NO3/c1-15(2,3)13(16-14(18)19)10-12-6-4-11(5-7-12)8-9-17/h4-7,13,16-17H,8-10H2,1-3H3,(H,18,19). The summed E-state index contributed by atoms with van der Waals surface area (Å²) >= 11 is 0. The van der Waals surface area contributed by atoms with E-state index in [4.69, 9.17) is 10.2 Å². The minimum absolute atomic E-state index is 0.131. The molecule has 0 radical (unpaired) electrons. The quantitative estimate of drug-likeness (QED) is 0.766. The summed E-state index contributed by atoms with van der Waals surface area (Å²) in [7, 11) is 0. The van der Waals surface area contributed by atoms with Crippen LogP contribution in [0.3, 0.4) is 0 Å². The molecule has 4 heteroatoms. The number of amides is 1. The molecule has 1 aromatic rings. The summed E-state index contributed by atoms with van der Waals surface area (Å²) in [4.78, 5) is 10.8. The van der Waals surface area contributed by atoms with Gasteiger partial charge in [0.05, 0.1) is 0 Å². The largest absolute Gasteiger partial charge is 0.465 e. The van der Waals surface area contributed by atoms with Gasteiger partial charge in [-0.05, 0) is 29.4 Å². The summed E-state index contributed by atoms with van der Waals surface area (Å²) < 4.78 is 0. The maximum atomic E-state index is 10.8. The molecule has 1 amide bonds. The number of aliphatic hydroxyl groups excluding tert-OH is 1. The molecule has 1 unspecified atom stereocenters. The van der Waals surface area contributed by atoms with Gasteiger partial charge in [-0.2, -0.15) is 0 Å². The Kier molecular flexibility index (Phi) is 5.36. The van der Waals surface area contributed by atoms with Crippen molar-refractivity contribution in [2.24, 2.45) is 5.41 Å². The van der Waals surface area contributed by atoms with Gasteiger partial charge in [0.2, 0.25) is 0 Å². The van der Waals surface area contributed by atoms with Gasteiger partial charge in [0.25, 0.3) is 0 Å². The summed E-state index contributed by atoms with van der Waals surface area (Å²) in [6.07, 6.45) is 0.322. The SMILES string of the molecule is CC(C)(C)C(Cc1ccc(CCO)cc1)NC(=O)O. The van der Waals surface area contributed by atoms with E-state index in [1.807, 2.05) is 45.0 Å². The predicted molar refractivity (Wildman–Crippen MR) is 75.3 cm³/mol. The Morgan fingerprint density at radius 1 is 1.21 bits per heavy atom. The second-order valence-electron chi connectivity index (χ2n) is 5.86. The second kappa shape index (κ2) is 6.57. The fraction of sp³-hybridized carbons (Fsp3) is 0.533. The predicted octanol–water partition coefficient (Wildman–Crippen LogP) is 2.45. The van der Waals surface area contributed by atoms with Crippen LogP contribution in [0.4, 0.5) is 4.79 Å². The van der Waals surface area contributed by atoms with Gasteiger partial charge in [-0.1, -0.05) is 45.0 Å². The molecular formula is C15H23NO3. The third kappa shape index (κ3) is 5.30. The zero-order valence-electron chi connectivity index (χ0n) is 11.8. The fourth-order valence-electron chi connectivity index (χ4n) is 1.93. The molecule has 1 aromatic carbocycles. The van der Waals surface area contributed by atoms with Crippen molar-refractivity contribution in [2.45, 2.75) is 39.7 Å². The van der Waals surface area contributed by atoms with Crippen molar-refractivity contribution in [1.82, 2.24) is 5.32 Å². The topological polar surface area (TPSA) is 69.6 Å². The maximum Gasteiger partial charge on any atom is 0.404 e. The molecule has 0 spiro atoms. The smallest absolute Gasteiger partial charge is 0.404 e. The maximum absolute atomic E-state index is 10.8. The summed E-state index contributed by atoms with van der Waals surface area (Å²) in [5, 5.41) is 20.4. The average Bonchev–Trinajstić information content (AvgIpc) is 2.29. The van der Waals surface area contributed by atoms with Gasteiger partial charge >= 0.3 is 6.09 Å². The van der Waals surface area contributed by atoms with E-state index in [-0.39, 0.29) is 18.1 Å². The fourth-order valence-corrected chi connectivity index (χ4v) is 1.93. The van der Waals surface area contributed by atoms with E-state index in [0.29, 0.717) is 12.8 Å². The summed E-state index contributed by atoms with van der Waals surface area (Å²) in [5.41, 5.74) is 2.04. The van der Waals surface area contributed by atoms with Crippen LogP contribution in [0.15, 0.2) is 24.3 Å². The molecule has 1 rings (SSSR count). The van der Waals surface area contributed by atoms with Gasteiger partial charge in [0, 0.05) is 12.6 Å². The van der Waals surface area contributed by atoms with E-state index in [9.17, 15) is 4.79 Å². The number of nitrogens with one attached hydrogen (secondary N) is 1. The Bertz CT molecular complexity index is 406. The van der Waals surface area contributed by atoms with Crippen LogP contribution < -0.4 is 5.32 Å². The average molecular weight is 265 g/mol. The van der Waals surface area contributed by atoms with Crippen LogP contribution in [0.25, 0.3) is 0 Å². The zero-order chi connectivity index (χ0) is 14.5. The molecule has 0 saturated heterocycles. The highest BCUT2D eigenvalue weighted by atomic mass is 16.4. The van der Waals surface area contributed by atoms with Gasteiger partial charge in [-0.25, -0.2) is 4.79 Å². The van der Waals surface area contributed by atoms with Gasteiger partial charge < -0.3 is 15.5 Å². The van der Waals surface area contributed by atoms with Crippen LogP contribution in [0.2, 0.25) is 0 Å². The van der Waals surface area contributed by atoms with Gasteiger partial charge in [0.15, 0.2) is 0 Å². The molecule has 0 fully saturated rings. The minimum Gasteiger partial charge on any atom is -0.465 e. The zero-order valence-corrected chi connectivity index (χ0v) is 11.8. The van der Waals surface area contributed by atoms with E-state index >= 15 is 0 Å². The molecule has 4 nitrogen and oxygen atoms in total. The van der Waals surface area contributed by atoms with Gasteiger partial charge in [-0.15, -0.1) is 0 Å². The molecule has 0 bridgehead atoms. The molecule has 0 heterocycles. The number of rotatable bonds is 5. The minimum atomic E-state index is -0.989. The van der Waals surface area contributed by atoms with E-state index in [2.05, 4.69) is 5.32 Å². The lowest BCUT2D eigenvalue weighted by atomic mass is 9.83. The van der Waals surface area contributed by atoms with Crippen LogP contribution in [-0.2, 0) is 12.8 Å². The van der Waals surface area contributed by atoms with E-state index in [0.717, 1.165) is 11.1 Å². The lowest BCUT2D eigenvalue weighted by Crippen LogP contribution is -2.44. The summed E-state index contributed by atoms with van der Waals surface area (Å²) in [6.45, 7) is 6.21. The van der Waals surface area contributed by atoms with E-state index in [1.54, 1.807) is 0 Å². The molecule has 0 saturated carbocycles. The highest BCUT2D eigenvalue weighted by Gasteiger charge is 2.26. The molecule has 1 atom stereocenters. The monoisotopic (exact) mass is 265 g/mol. The van der Waals surface area contributed by atoms with Crippen LogP contribution in [0.5, 0.6) is 0 Å². The van der Waals surface area contributed by atoms with Crippen molar-refractivity contribution in [3.05, 3.63) is 35.4 Å². The second-order valence-corrected chi connectivity index (χ2v) is 5.86. The van der Waals surface area contributed by atoms with Crippen LogP contribution in [-0.4, -0.2) is 29.0 Å². The van der Waals surface area contributed by atoms with Crippen LogP contribution >= 0.6 is 0 Å². The first-order chi connectivity index (χ1) is 8.82. The number of carbonyl (C=O) groups is 1. The van der Waals surface area contributed by atoms with Crippen molar-refractivity contribution in [3.8, 4) is 0 Å². The third-order valence-corrected chi connectivity index (χ3v) is 3.21. The van der Waals surface area contributed by atoms with Crippen LogP contribution in [0, 0.1) is 5.41 Å². The first-order valence-electron chi connectivity index (χ1n) is 6.51. The lowest BCUT2D eigenvalue weighted by molar-refractivity contribution is 0.174.